The van der Waals surface area contributed by atoms with Gasteiger partial charge < -0.3 is 10.1 Å². The van der Waals surface area contributed by atoms with Gasteiger partial charge in [-0.25, -0.2) is 0 Å². The van der Waals surface area contributed by atoms with E-state index in [1.165, 1.54) is 25.3 Å². The maximum atomic E-state index is 12.2. The lowest BCUT2D eigenvalue weighted by Gasteiger charge is -2.68. The molecule has 0 aliphatic heterocycles. The van der Waals surface area contributed by atoms with E-state index in [0.29, 0.717) is 5.56 Å². The van der Waals surface area contributed by atoms with Crippen LogP contribution in [-0.4, -0.2) is 23.5 Å². The summed E-state index contributed by atoms with van der Waals surface area (Å²) in [6, 6.07) is 4.09. The third-order valence-electron chi connectivity index (χ3n) is 4.35. The van der Waals surface area contributed by atoms with Gasteiger partial charge in [0.05, 0.1) is 12.0 Å². The zero-order chi connectivity index (χ0) is 15.3. The molecule has 3 aliphatic rings. The number of carbonyl (C=O) groups excluding carboxylic acids is 1. The molecular formula is C15H14N2O4. The molecular weight excluding hydrogens is 272 g/mol. The summed E-state index contributed by atoms with van der Waals surface area (Å²) in [5, 5.41) is 13.8. The number of carbonyl (C=O) groups is 1. The van der Waals surface area contributed by atoms with Gasteiger partial charge in [0.25, 0.3) is 5.91 Å². The number of nitro benzene ring substituents is 1. The molecule has 1 amide bonds. The maximum absolute atomic E-state index is 12.2. The average molecular weight is 286 g/mol. The van der Waals surface area contributed by atoms with Crippen LogP contribution in [0, 0.1) is 27.9 Å². The van der Waals surface area contributed by atoms with Crippen LogP contribution >= 0.6 is 0 Å². The van der Waals surface area contributed by atoms with E-state index >= 15 is 0 Å². The molecule has 6 nitrogen and oxygen atoms in total. The van der Waals surface area contributed by atoms with E-state index in [1.54, 1.807) is 0 Å². The molecule has 2 bridgehead atoms. The van der Waals surface area contributed by atoms with Crippen LogP contribution < -0.4 is 10.1 Å². The fourth-order valence-corrected chi connectivity index (χ4v) is 3.36. The Kier molecular flexibility index (Phi) is 2.70. The lowest BCUT2D eigenvalue weighted by atomic mass is 9.40. The molecule has 0 unspecified atom stereocenters. The van der Waals surface area contributed by atoms with Crippen LogP contribution in [0.2, 0.25) is 0 Å². The van der Waals surface area contributed by atoms with E-state index in [-0.39, 0.29) is 28.3 Å². The smallest absolute Gasteiger partial charge is 0.310 e. The first-order chi connectivity index (χ1) is 9.92. The molecule has 1 aromatic carbocycles. The van der Waals surface area contributed by atoms with Gasteiger partial charge >= 0.3 is 5.69 Å². The van der Waals surface area contributed by atoms with Gasteiger partial charge in [-0.1, -0.05) is 5.92 Å². The molecule has 4 rings (SSSR count). The Morgan fingerprint density at radius 1 is 1.48 bits per heavy atom. The number of nitrogens with zero attached hydrogens (tertiary/aromatic N) is 1. The van der Waals surface area contributed by atoms with Gasteiger partial charge in [-0.2, -0.15) is 0 Å². The van der Waals surface area contributed by atoms with E-state index in [4.69, 9.17) is 11.2 Å². The molecule has 3 aliphatic carbocycles. The number of terminal acetylenes is 1. The number of benzene rings is 1. The molecule has 0 atom stereocenters. The van der Waals surface area contributed by atoms with Gasteiger partial charge in [-0.3, -0.25) is 14.9 Å². The van der Waals surface area contributed by atoms with Crippen molar-refractivity contribution in [3.63, 3.8) is 0 Å². The van der Waals surface area contributed by atoms with Crippen molar-refractivity contribution in [3.8, 4) is 18.1 Å². The predicted octanol–water partition coefficient (Wildman–Crippen LogP) is 1.89. The molecule has 1 N–H and O–H groups in total. The second kappa shape index (κ2) is 4.22. The minimum atomic E-state index is -0.543. The quantitative estimate of drug-likeness (QED) is 0.520. The first kappa shape index (κ1) is 13.4. The number of hydrogen-bond donors (Lipinski definition) is 1. The normalized spacial score (nSPS) is 28.6. The monoisotopic (exact) mass is 286 g/mol. The highest BCUT2D eigenvalue weighted by molar-refractivity contribution is 5.96. The summed E-state index contributed by atoms with van der Waals surface area (Å²) < 4.78 is 4.96. The number of nitrogens with one attached hydrogen (secondary N) is 1. The largest absolute Gasteiger partial charge is 0.490 e. The van der Waals surface area contributed by atoms with E-state index in [0.717, 1.165) is 19.3 Å². The van der Waals surface area contributed by atoms with Crippen LogP contribution in [0.4, 0.5) is 5.69 Å². The van der Waals surface area contributed by atoms with E-state index in [9.17, 15) is 14.9 Å². The molecule has 0 aromatic heterocycles. The Labute approximate surface area is 121 Å². The van der Waals surface area contributed by atoms with Crippen LogP contribution in [0.25, 0.3) is 0 Å². The minimum Gasteiger partial charge on any atom is -0.490 e. The molecule has 0 radical (unpaired) electrons. The summed E-state index contributed by atoms with van der Waals surface area (Å²) in [5.74, 6) is 2.59. The van der Waals surface area contributed by atoms with Crippen molar-refractivity contribution in [2.45, 2.75) is 24.8 Å². The third kappa shape index (κ3) is 1.93. The molecule has 0 spiro atoms. The summed E-state index contributed by atoms with van der Waals surface area (Å²) in [6.07, 6.45) is 7.88. The number of nitro groups is 1. The average Bonchev–Trinajstić information content (AvgIpc) is 2.39. The van der Waals surface area contributed by atoms with Crippen LogP contribution in [0.5, 0.6) is 5.75 Å². The van der Waals surface area contributed by atoms with Crippen molar-refractivity contribution >= 4 is 11.6 Å². The summed E-state index contributed by atoms with van der Waals surface area (Å²) in [7, 11) is 1.34. The second-order valence-corrected chi connectivity index (χ2v) is 5.83. The number of hydrogen-bond acceptors (Lipinski definition) is 4. The molecule has 3 saturated carbocycles. The number of ether oxygens (including phenoxy) is 1. The van der Waals surface area contributed by atoms with Gasteiger partial charge in [0.1, 0.15) is 0 Å². The summed E-state index contributed by atoms with van der Waals surface area (Å²) in [6.45, 7) is 0. The first-order valence-electron chi connectivity index (χ1n) is 6.55. The third-order valence-corrected chi connectivity index (χ3v) is 4.35. The fraction of sp³-hybridized carbons (Fsp3) is 0.400. The van der Waals surface area contributed by atoms with E-state index in [1.807, 2.05) is 0 Å². The molecule has 6 heteroatoms. The first-order valence-corrected chi connectivity index (χ1v) is 6.55. The molecule has 21 heavy (non-hydrogen) atoms. The Hall–Kier alpha value is -2.55. The molecule has 0 saturated heterocycles. The van der Waals surface area contributed by atoms with Gasteiger partial charge in [0.2, 0.25) is 0 Å². The molecule has 108 valence electrons. The van der Waals surface area contributed by atoms with Gasteiger partial charge in [-0.05, 0) is 25.3 Å². The number of amides is 1. The van der Waals surface area contributed by atoms with Crippen LogP contribution in [0.15, 0.2) is 18.2 Å². The number of rotatable bonds is 4. The standard InChI is InChI=1S/C15H14N2O4/c1-3-14-7-15(8-14,9-14)16-13(18)10-4-5-11(17(19)20)12(6-10)21-2/h1,4-6H,7-9H2,2H3,(H,16,18). The zero-order valence-electron chi connectivity index (χ0n) is 11.5. The molecule has 1 aromatic rings. The fourth-order valence-electron chi connectivity index (χ4n) is 3.36. The Morgan fingerprint density at radius 2 is 2.14 bits per heavy atom. The van der Waals surface area contributed by atoms with Crippen molar-refractivity contribution in [3.05, 3.63) is 33.9 Å². The summed E-state index contributed by atoms with van der Waals surface area (Å²) in [5.41, 5.74) is -0.0124. The van der Waals surface area contributed by atoms with E-state index < -0.39 is 4.92 Å². The van der Waals surface area contributed by atoms with Crippen LogP contribution in [0.1, 0.15) is 29.6 Å². The van der Waals surface area contributed by atoms with E-state index in [2.05, 4.69) is 11.2 Å². The van der Waals surface area contributed by atoms with Crippen LogP contribution in [-0.2, 0) is 0 Å². The van der Waals surface area contributed by atoms with Crippen molar-refractivity contribution in [2.24, 2.45) is 5.41 Å². The van der Waals surface area contributed by atoms with Gasteiger partial charge in [0.15, 0.2) is 5.75 Å². The van der Waals surface area contributed by atoms with Crippen molar-refractivity contribution in [1.29, 1.82) is 0 Å². The highest BCUT2D eigenvalue weighted by Gasteiger charge is 2.67. The SMILES string of the molecule is C#CC12CC(NC(=O)c3ccc([N+](=O)[O-])c(OC)c3)(C1)C2. The highest BCUT2D eigenvalue weighted by atomic mass is 16.6. The van der Waals surface area contributed by atoms with Crippen LogP contribution in [0.3, 0.4) is 0 Å². The summed E-state index contributed by atoms with van der Waals surface area (Å²) in [4.78, 5) is 22.5. The predicted molar refractivity (Wildman–Crippen MR) is 75.0 cm³/mol. The summed E-state index contributed by atoms with van der Waals surface area (Å²) >= 11 is 0. The number of methoxy groups -OCH3 is 1. The lowest BCUT2D eigenvalue weighted by Crippen LogP contribution is -2.74. The minimum absolute atomic E-state index is 0.0134. The zero-order valence-corrected chi connectivity index (χ0v) is 11.5. The molecule has 0 heterocycles. The second-order valence-electron chi connectivity index (χ2n) is 5.83. The Morgan fingerprint density at radius 3 is 2.67 bits per heavy atom. The lowest BCUT2D eigenvalue weighted by molar-refractivity contribution is -0.385. The van der Waals surface area contributed by atoms with Crippen molar-refractivity contribution < 1.29 is 14.5 Å². The topological polar surface area (TPSA) is 81.5 Å². The van der Waals surface area contributed by atoms with Crippen molar-refractivity contribution in [1.82, 2.24) is 5.32 Å². The Balaban J connectivity index is 1.74. The van der Waals surface area contributed by atoms with Crippen molar-refractivity contribution in [2.75, 3.05) is 7.11 Å². The molecule has 3 fully saturated rings. The highest BCUT2D eigenvalue weighted by Crippen LogP contribution is 2.66. The maximum Gasteiger partial charge on any atom is 0.310 e. The van der Waals surface area contributed by atoms with Gasteiger partial charge in [-0.15, -0.1) is 6.42 Å². The Bertz CT molecular complexity index is 670. The van der Waals surface area contributed by atoms with Gasteiger partial charge in [0, 0.05) is 28.7 Å².